The number of rotatable bonds is 4. The van der Waals surface area contributed by atoms with Gasteiger partial charge in [-0.3, -0.25) is 9.80 Å². The Bertz CT molecular complexity index is 667. The van der Waals surface area contributed by atoms with E-state index in [2.05, 4.69) is 3.64 Å². The van der Waals surface area contributed by atoms with Crippen molar-refractivity contribution in [2.75, 3.05) is 0 Å². The van der Waals surface area contributed by atoms with Crippen molar-refractivity contribution in [1.82, 2.24) is 8.65 Å². The fourth-order valence-corrected chi connectivity index (χ4v) is 3.83. The smallest absolute Gasteiger partial charge is 0.255 e. The first-order valence-corrected chi connectivity index (χ1v) is 8.53. The number of nitrogens with zero attached hydrogens (tertiary/aromatic N) is 1. The molecule has 1 heterocycles. The van der Waals surface area contributed by atoms with Crippen molar-refractivity contribution in [1.29, 1.82) is 0 Å². The molecule has 0 radical (unpaired) electrons. The number of nitrogens with two attached hydrogens (primary N) is 2. The van der Waals surface area contributed by atoms with E-state index in [-0.39, 0.29) is 23.9 Å². The minimum atomic E-state index is -0.612. The van der Waals surface area contributed by atoms with Crippen LogP contribution in [-0.2, 0) is 4.79 Å². The zero-order valence-corrected chi connectivity index (χ0v) is 14.6. The lowest BCUT2D eigenvalue weighted by Gasteiger charge is -2.32. The van der Waals surface area contributed by atoms with Gasteiger partial charge in [-0.25, -0.2) is 0 Å². The Labute approximate surface area is 149 Å². The number of hydrazine groups is 1. The van der Waals surface area contributed by atoms with Crippen molar-refractivity contribution in [3.05, 3.63) is 71.8 Å². The Balaban J connectivity index is 2.03. The van der Waals surface area contributed by atoms with Crippen molar-refractivity contribution < 1.29 is 4.79 Å². The molecule has 5 nitrogen and oxygen atoms in total. The summed E-state index contributed by atoms with van der Waals surface area (Å²) in [6.07, 6.45) is 0. The first kappa shape index (κ1) is 16.4. The molecule has 6 heteroatoms. The van der Waals surface area contributed by atoms with Crippen molar-refractivity contribution in [3.63, 3.8) is 0 Å². The van der Waals surface area contributed by atoms with Gasteiger partial charge in [0.05, 0.1) is 18.1 Å². The Morgan fingerprint density at radius 2 is 1.61 bits per heavy atom. The fraction of sp³-hybridized carbons (Fsp3) is 0.235. The van der Waals surface area contributed by atoms with E-state index < -0.39 is 6.04 Å². The standard InChI is InChI=1S/C17H19IN4O/c18-21-22-16(14(19)12-9-5-2-6-10-12)13(15(20)17(22)23)11-7-3-1-4-8-11/h1-10,13-16,21H,19-20H2. The maximum Gasteiger partial charge on any atom is 0.255 e. The molecule has 4 atom stereocenters. The first-order chi connectivity index (χ1) is 11.1. The molecular weight excluding hydrogens is 403 g/mol. The van der Waals surface area contributed by atoms with Crippen LogP contribution in [0.4, 0.5) is 0 Å². The molecule has 0 bridgehead atoms. The summed E-state index contributed by atoms with van der Waals surface area (Å²) in [5, 5.41) is 1.57. The average molecular weight is 422 g/mol. The first-order valence-electron chi connectivity index (χ1n) is 7.45. The molecule has 23 heavy (non-hydrogen) atoms. The van der Waals surface area contributed by atoms with Gasteiger partial charge in [-0.1, -0.05) is 60.7 Å². The number of halogens is 1. The molecule has 0 aromatic heterocycles. The van der Waals surface area contributed by atoms with E-state index in [9.17, 15) is 4.79 Å². The third-order valence-corrected chi connectivity index (χ3v) is 4.92. The summed E-state index contributed by atoms with van der Waals surface area (Å²) >= 11 is 1.96. The quantitative estimate of drug-likeness (QED) is 0.519. The SMILES string of the molecule is NC1C(=O)N(NI)C(C(N)c2ccccc2)C1c1ccccc1. The van der Waals surface area contributed by atoms with E-state index in [4.69, 9.17) is 11.5 Å². The number of carbonyl (C=O) groups excluding carboxylic acids is 1. The molecule has 2 aromatic carbocycles. The van der Waals surface area contributed by atoms with E-state index in [0.29, 0.717) is 0 Å². The van der Waals surface area contributed by atoms with Crippen LogP contribution in [0, 0.1) is 0 Å². The Hall–Kier alpha value is -1.48. The highest BCUT2D eigenvalue weighted by Gasteiger charge is 2.49. The van der Waals surface area contributed by atoms with Gasteiger partial charge in [-0.2, -0.15) is 3.64 Å². The van der Waals surface area contributed by atoms with Crippen LogP contribution in [0.15, 0.2) is 60.7 Å². The Kier molecular flexibility index (Phi) is 4.96. The molecule has 0 aliphatic carbocycles. The van der Waals surface area contributed by atoms with Crippen molar-refractivity contribution in [3.8, 4) is 0 Å². The van der Waals surface area contributed by atoms with Crippen molar-refractivity contribution in [2.45, 2.75) is 24.0 Å². The van der Waals surface area contributed by atoms with Gasteiger partial charge in [-0.05, 0) is 11.1 Å². The second-order valence-corrected chi connectivity index (χ2v) is 6.16. The average Bonchev–Trinajstić information content (AvgIpc) is 2.86. The van der Waals surface area contributed by atoms with Gasteiger partial charge in [-0.15, -0.1) is 0 Å². The summed E-state index contributed by atoms with van der Waals surface area (Å²) < 4.78 is 2.94. The number of hydrogen-bond donors (Lipinski definition) is 3. The van der Waals surface area contributed by atoms with Crippen LogP contribution < -0.4 is 15.1 Å². The minimum Gasteiger partial charge on any atom is -0.322 e. The summed E-state index contributed by atoms with van der Waals surface area (Å²) in [7, 11) is 0. The predicted molar refractivity (Wildman–Crippen MR) is 98.3 cm³/mol. The molecule has 0 spiro atoms. The van der Waals surface area contributed by atoms with Gasteiger partial charge in [0.15, 0.2) is 0 Å². The predicted octanol–water partition coefficient (Wildman–Crippen LogP) is 1.86. The molecule has 1 saturated heterocycles. The second kappa shape index (κ2) is 6.96. The summed E-state index contributed by atoms with van der Waals surface area (Å²) in [6.45, 7) is 0. The van der Waals surface area contributed by atoms with Gasteiger partial charge < -0.3 is 11.5 Å². The molecule has 3 rings (SSSR count). The summed E-state index contributed by atoms with van der Waals surface area (Å²) in [5.41, 5.74) is 14.8. The monoisotopic (exact) mass is 422 g/mol. The van der Waals surface area contributed by atoms with Crippen molar-refractivity contribution >= 4 is 28.8 Å². The number of carbonyl (C=O) groups is 1. The molecule has 120 valence electrons. The Morgan fingerprint density at radius 3 is 2.17 bits per heavy atom. The van der Waals surface area contributed by atoms with Crippen LogP contribution in [0.1, 0.15) is 23.1 Å². The van der Waals surface area contributed by atoms with Gasteiger partial charge in [0.1, 0.15) is 0 Å². The van der Waals surface area contributed by atoms with Gasteiger partial charge in [0.2, 0.25) is 0 Å². The second-order valence-electron chi connectivity index (χ2n) is 5.68. The van der Waals surface area contributed by atoms with E-state index in [1.165, 1.54) is 0 Å². The van der Waals surface area contributed by atoms with E-state index in [0.717, 1.165) is 11.1 Å². The van der Waals surface area contributed by atoms with Crippen LogP contribution in [0.5, 0.6) is 0 Å². The lowest BCUT2D eigenvalue weighted by atomic mass is 9.83. The molecule has 1 aliphatic heterocycles. The van der Waals surface area contributed by atoms with Gasteiger partial charge >= 0.3 is 0 Å². The summed E-state index contributed by atoms with van der Waals surface area (Å²) in [5.74, 6) is -0.300. The molecule has 0 saturated carbocycles. The lowest BCUT2D eigenvalue weighted by molar-refractivity contribution is -0.131. The zero-order valence-electron chi connectivity index (χ0n) is 12.5. The highest BCUT2D eigenvalue weighted by atomic mass is 127. The molecule has 4 unspecified atom stereocenters. The topological polar surface area (TPSA) is 84.4 Å². The maximum absolute atomic E-state index is 12.5. The van der Waals surface area contributed by atoms with E-state index >= 15 is 0 Å². The van der Waals surface area contributed by atoms with Gasteiger partial charge in [0, 0.05) is 28.8 Å². The molecule has 5 N–H and O–H groups in total. The molecular formula is C17H19IN4O. The largest absolute Gasteiger partial charge is 0.322 e. The number of hydrogen-bond acceptors (Lipinski definition) is 4. The third-order valence-electron chi connectivity index (χ3n) is 4.40. The number of nitrogens with one attached hydrogen (secondary N) is 1. The molecule has 1 aliphatic rings. The third kappa shape index (κ3) is 2.99. The van der Waals surface area contributed by atoms with Gasteiger partial charge in [0.25, 0.3) is 5.91 Å². The lowest BCUT2D eigenvalue weighted by Crippen LogP contribution is -2.46. The highest BCUT2D eigenvalue weighted by Crippen LogP contribution is 2.38. The van der Waals surface area contributed by atoms with Crippen LogP contribution in [-0.4, -0.2) is 23.0 Å². The summed E-state index contributed by atoms with van der Waals surface area (Å²) in [4.78, 5) is 12.5. The van der Waals surface area contributed by atoms with Crippen molar-refractivity contribution in [2.24, 2.45) is 11.5 Å². The maximum atomic E-state index is 12.5. The Morgan fingerprint density at radius 1 is 1.04 bits per heavy atom. The van der Waals surface area contributed by atoms with E-state index in [1.54, 1.807) is 5.01 Å². The molecule has 1 fully saturated rings. The minimum absolute atomic E-state index is 0.135. The zero-order chi connectivity index (χ0) is 16.4. The van der Waals surface area contributed by atoms with Crippen LogP contribution in [0.2, 0.25) is 0 Å². The highest BCUT2D eigenvalue weighted by molar-refractivity contribution is 14.1. The fourth-order valence-electron chi connectivity index (χ4n) is 3.27. The van der Waals surface area contributed by atoms with Crippen LogP contribution >= 0.6 is 22.9 Å². The summed E-state index contributed by atoms with van der Waals surface area (Å²) in [6, 6.07) is 18.5. The number of benzene rings is 2. The molecule has 1 amide bonds. The molecule has 2 aromatic rings. The van der Waals surface area contributed by atoms with E-state index in [1.807, 2.05) is 83.5 Å². The normalized spacial score (nSPS) is 25.6. The van der Waals surface area contributed by atoms with Crippen LogP contribution in [0.25, 0.3) is 0 Å². The van der Waals surface area contributed by atoms with Crippen LogP contribution in [0.3, 0.4) is 0 Å². The number of amides is 1.